The van der Waals surface area contributed by atoms with Crippen LogP contribution in [0.2, 0.25) is 0 Å². The molecule has 0 aliphatic heterocycles. The van der Waals surface area contributed by atoms with Gasteiger partial charge in [-0.3, -0.25) is 0 Å². The maximum Gasteiger partial charge on any atom is 0.224 e. The molecular formula is C17H15FN2O. The van der Waals surface area contributed by atoms with E-state index in [-0.39, 0.29) is 18.1 Å². The van der Waals surface area contributed by atoms with Crippen LogP contribution in [-0.4, -0.2) is 4.98 Å². The third-order valence-electron chi connectivity index (χ3n) is 3.35. The monoisotopic (exact) mass is 282 g/mol. The normalized spacial score (nSPS) is 10.8. The minimum Gasteiger partial charge on any atom is -0.436 e. The third-order valence-corrected chi connectivity index (χ3v) is 3.35. The molecule has 3 rings (SSSR count). The molecule has 0 fully saturated rings. The minimum absolute atomic E-state index is 0.160. The van der Waals surface area contributed by atoms with E-state index in [0.29, 0.717) is 11.4 Å². The molecule has 0 aliphatic carbocycles. The first kappa shape index (κ1) is 13.5. The van der Waals surface area contributed by atoms with Crippen molar-refractivity contribution in [3.05, 3.63) is 65.5 Å². The molecule has 0 saturated carbocycles. The maximum atomic E-state index is 14.1. The summed E-state index contributed by atoms with van der Waals surface area (Å²) in [6.45, 7) is 1.97. The molecule has 0 unspecified atom stereocenters. The van der Waals surface area contributed by atoms with Crippen LogP contribution in [0.4, 0.5) is 4.39 Å². The number of ether oxygens (including phenoxy) is 1. The first-order valence-electron chi connectivity index (χ1n) is 6.70. The molecule has 3 nitrogen and oxygen atoms in total. The maximum absolute atomic E-state index is 14.1. The van der Waals surface area contributed by atoms with Gasteiger partial charge in [0.2, 0.25) is 5.88 Å². The van der Waals surface area contributed by atoms with Crippen molar-refractivity contribution in [3.8, 4) is 11.6 Å². The molecule has 0 amide bonds. The van der Waals surface area contributed by atoms with Gasteiger partial charge in [-0.25, -0.2) is 9.37 Å². The highest BCUT2D eigenvalue weighted by Crippen LogP contribution is 2.29. The van der Waals surface area contributed by atoms with Crippen LogP contribution >= 0.6 is 0 Å². The van der Waals surface area contributed by atoms with E-state index in [1.165, 1.54) is 0 Å². The molecule has 0 aliphatic rings. The second-order valence-corrected chi connectivity index (χ2v) is 4.84. The summed E-state index contributed by atoms with van der Waals surface area (Å²) in [5.41, 5.74) is 7.81. The highest BCUT2D eigenvalue weighted by atomic mass is 19.1. The molecule has 106 valence electrons. The van der Waals surface area contributed by atoms with E-state index in [9.17, 15) is 4.39 Å². The topological polar surface area (TPSA) is 48.1 Å². The second-order valence-electron chi connectivity index (χ2n) is 4.84. The standard InChI is InChI=1S/C17H15FN2O/c1-11-5-4-8-15(16(11)18)21-17-13(10-19)9-12-6-2-3-7-14(12)20-17/h2-9H,10,19H2,1H3. The highest BCUT2D eigenvalue weighted by Gasteiger charge is 2.12. The number of halogens is 1. The Labute approximate surface area is 122 Å². The van der Waals surface area contributed by atoms with Crippen molar-refractivity contribution in [3.63, 3.8) is 0 Å². The number of hydrogen-bond acceptors (Lipinski definition) is 3. The Bertz CT molecular complexity index is 802. The Balaban J connectivity index is 2.09. The number of hydrogen-bond donors (Lipinski definition) is 1. The van der Waals surface area contributed by atoms with Gasteiger partial charge < -0.3 is 10.5 Å². The summed E-state index contributed by atoms with van der Waals surface area (Å²) in [6.07, 6.45) is 0. The number of nitrogens with two attached hydrogens (primary N) is 1. The van der Waals surface area contributed by atoms with E-state index in [0.717, 1.165) is 16.5 Å². The Morgan fingerprint density at radius 2 is 1.95 bits per heavy atom. The van der Waals surface area contributed by atoms with E-state index in [1.807, 2.05) is 30.3 Å². The number of aromatic nitrogens is 1. The molecular weight excluding hydrogens is 267 g/mol. The molecule has 0 atom stereocenters. The highest BCUT2D eigenvalue weighted by molar-refractivity contribution is 5.80. The molecule has 2 aromatic carbocycles. The zero-order chi connectivity index (χ0) is 14.8. The van der Waals surface area contributed by atoms with Crippen LogP contribution in [0, 0.1) is 12.7 Å². The van der Waals surface area contributed by atoms with Crippen LogP contribution in [0.3, 0.4) is 0 Å². The lowest BCUT2D eigenvalue weighted by Gasteiger charge is -2.11. The van der Waals surface area contributed by atoms with Gasteiger partial charge in [-0.2, -0.15) is 0 Å². The van der Waals surface area contributed by atoms with Gasteiger partial charge >= 0.3 is 0 Å². The number of aryl methyl sites for hydroxylation is 1. The zero-order valence-electron chi connectivity index (χ0n) is 11.6. The Morgan fingerprint density at radius 3 is 2.76 bits per heavy atom. The SMILES string of the molecule is Cc1cccc(Oc2nc3ccccc3cc2CN)c1F. The molecule has 1 aromatic heterocycles. The van der Waals surface area contributed by atoms with Crippen LogP contribution < -0.4 is 10.5 Å². The van der Waals surface area contributed by atoms with Crippen molar-refractivity contribution in [1.82, 2.24) is 4.98 Å². The average molecular weight is 282 g/mol. The molecule has 1 heterocycles. The summed E-state index contributed by atoms with van der Waals surface area (Å²) in [7, 11) is 0. The fourth-order valence-corrected chi connectivity index (χ4v) is 2.18. The predicted molar refractivity (Wildman–Crippen MR) is 80.8 cm³/mol. The van der Waals surface area contributed by atoms with Gasteiger partial charge in [0.05, 0.1) is 5.52 Å². The lowest BCUT2D eigenvalue weighted by molar-refractivity contribution is 0.422. The van der Waals surface area contributed by atoms with Gasteiger partial charge in [0.15, 0.2) is 11.6 Å². The average Bonchev–Trinajstić information content (AvgIpc) is 2.51. The number of para-hydroxylation sites is 1. The summed E-state index contributed by atoms with van der Waals surface area (Å²) in [5, 5.41) is 0.981. The Kier molecular flexibility index (Phi) is 3.54. The van der Waals surface area contributed by atoms with Crippen LogP contribution in [0.1, 0.15) is 11.1 Å². The summed E-state index contributed by atoms with van der Waals surface area (Å²) in [6, 6.07) is 14.6. The smallest absolute Gasteiger partial charge is 0.224 e. The van der Waals surface area contributed by atoms with E-state index < -0.39 is 0 Å². The van der Waals surface area contributed by atoms with Crippen molar-refractivity contribution < 1.29 is 9.13 Å². The van der Waals surface area contributed by atoms with Crippen LogP contribution in [0.15, 0.2) is 48.5 Å². The van der Waals surface area contributed by atoms with Crippen molar-refractivity contribution >= 4 is 10.9 Å². The van der Waals surface area contributed by atoms with Crippen molar-refractivity contribution in [2.75, 3.05) is 0 Å². The van der Waals surface area contributed by atoms with Crippen LogP contribution in [-0.2, 0) is 6.54 Å². The minimum atomic E-state index is -0.379. The number of fused-ring (bicyclic) bond motifs is 1. The fourth-order valence-electron chi connectivity index (χ4n) is 2.18. The zero-order valence-corrected chi connectivity index (χ0v) is 11.6. The van der Waals surface area contributed by atoms with Crippen LogP contribution in [0.5, 0.6) is 11.6 Å². The van der Waals surface area contributed by atoms with Crippen molar-refractivity contribution in [1.29, 1.82) is 0 Å². The molecule has 0 radical (unpaired) electrons. The third kappa shape index (κ3) is 2.58. The number of benzene rings is 2. The number of rotatable bonds is 3. The first-order valence-corrected chi connectivity index (χ1v) is 6.70. The lowest BCUT2D eigenvalue weighted by atomic mass is 10.1. The summed E-state index contributed by atoms with van der Waals surface area (Å²) >= 11 is 0. The van der Waals surface area contributed by atoms with Crippen LogP contribution in [0.25, 0.3) is 10.9 Å². The van der Waals surface area contributed by atoms with Gasteiger partial charge in [0.25, 0.3) is 0 Å². The largest absolute Gasteiger partial charge is 0.436 e. The predicted octanol–water partition coefficient (Wildman–Crippen LogP) is 3.93. The van der Waals surface area contributed by atoms with Gasteiger partial charge in [-0.15, -0.1) is 0 Å². The van der Waals surface area contributed by atoms with E-state index in [4.69, 9.17) is 10.5 Å². The molecule has 2 N–H and O–H groups in total. The Morgan fingerprint density at radius 1 is 1.14 bits per heavy atom. The van der Waals surface area contributed by atoms with Gasteiger partial charge in [-0.1, -0.05) is 30.3 Å². The van der Waals surface area contributed by atoms with E-state index in [2.05, 4.69) is 4.98 Å². The fraction of sp³-hybridized carbons (Fsp3) is 0.118. The van der Waals surface area contributed by atoms with Crippen molar-refractivity contribution in [2.45, 2.75) is 13.5 Å². The molecule has 0 saturated heterocycles. The van der Waals surface area contributed by atoms with Gasteiger partial charge in [0, 0.05) is 17.5 Å². The molecule has 4 heteroatoms. The molecule has 0 spiro atoms. The number of nitrogens with zero attached hydrogens (tertiary/aromatic N) is 1. The lowest BCUT2D eigenvalue weighted by Crippen LogP contribution is -2.02. The van der Waals surface area contributed by atoms with E-state index >= 15 is 0 Å². The summed E-state index contributed by atoms with van der Waals surface area (Å²) < 4.78 is 19.7. The summed E-state index contributed by atoms with van der Waals surface area (Å²) in [5.74, 6) is 0.128. The quantitative estimate of drug-likeness (QED) is 0.791. The van der Waals surface area contributed by atoms with E-state index in [1.54, 1.807) is 25.1 Å². The van der Waals surface area contributed by atoms with Gasteiger partial charge in [0.1, 0.15) is 0 Å². The summed E-state index contributed by atoms with van der Waals surface area (Å²) in [4.78, 5) is 4.44. The molecule has 0 bridgehead atoms. The molecule has 3 aromatic rings. The van der Waals surface area contributed by atoms with Crippen molar-refractivity contribution in [2.24, 2.45) is 5.73 Å². The first-order chi connectivity index (χ1) is 10.2. The number of pyridine rings is 1. The second kappa shape index (κ2) is 5.50. The van der Waals surface area contributed by atoms with Gasteiger partial charge in [-0.05, 0) is 30.7 Å². The molecule has 21 heavy (non-hydrogen) atoms. The Hall–Kier alpha value is -2.46.